The van der Waals surface area contributed by atoms with Gasteiger partial charge in [-0.15, -0.1) is 0 Å². The summed E-state index contributed by atoms with van der Waals surface area (Å²) in [5, 5.41) is 12.2. The van der Waals surface area contributed by atoms with Crippen LogP contribution in [0.3, 0.4) is 0 Å². The normalized spacial score (nSPS) is 25.4. The molecule has 2 rings (SSSR count). The summed E-state index contributed by atoms with van der Waals surface area (Å²) in [5.41, 5.74) is -1.62. The van der Waals surface area contributed by atoms with Crippen LogP contribution in [-0.2, 0) is 14.8 Å². The number of carbonyl (C=O) groups is 1. The van der Waals surface area contributed by atoms with Crippen LogP contribution in [0.4, 0.5) is 0 Å². The number of nitroso groups, excluding NO2 is 1. The second-order valence-electron chi connectivity index (χ2n) is 6.18. The Bertz CT molecular complexity index is 770. The zero-order valence-corrected chi connectivity index (χ0v) is 16.0. The predicted molar refractivity (Wildman–Crippen MR) is 97.9 cm³/mol. The molecule has 9 nitrogen and oxygen atoms in total. The van der Waals surface area contributed by atoms with E-state index in [-0.39, 0.29) is 17.7 Å². The number of rotatable bonds is 7. The van der Waals surface area contributed by atoms with Crippen molar-refractivity contribution in [1.82, 2.24) is 9.62 Å². The average Bonchev–Trinajstić information content (AvgIpc) is 2.62. The minimum atomic E-state index is -4.18. The lowest BCUT2D eigenvalue weighted by atomic mass is 9.82. The van der Waals surface area contributed by atoms with Gasteiger partial charge in [0.15, 0.2) is 0 Å². The van der Waals surface area contributed by atoms with Crippen molar-refractivity contribution >= 4 is 28.6 Å². The summed E-state index contributed by atoms with van der Waals surface area (Å²) in [5.74, 6) is -1.01. The molecule has 0 aromatic heterocycles. The third kappa shape index (κ3) is 4.17. The summed E-state index contributed by atoms with van der Waals surface area (Å²) in [6.45, 7) is 0.369. The molecule has 0 radical (unpaired) electrons. The first-order valence-corrected chi connectivity index (χ1v) is 9.77. The fraction of sp³-hybridized carbons (Fsp3) is 0.533. The van der Waals surface area contributed by atoms with E-state index in [0.717, 1.165) is 0 Å². The lowest BCUT2D eigenvalue weighted by Gasteiger charge is -2.41. The second-order valence-corrected chi connectivity index (χ2v) is 8.49. The molecule has 26 heavy (non-hydrogen) atoms. The number of thiol groups is 1. The second kappa shape index (κ2) is 7.91. The van der Waals surface area contributed by atoms with Crippen LogP contribution in [0.25, 0.3) is 0 Å². The third-order valence-corrected chi connectivity index (χ3v) is 6.57. The van der Waals surface area contributed by atoms with Crippen molar-refractivity contribution < 1.29 is 23.1 Å². The molecule has 144 valence electrons. The number of hydrogen-bond donors (Lipinski definition) is 3. The highest BCUT2D eigenvalue weighted by molar-refractivity contribution is 7.89. The Morgan fingerprint density at radius 1 is 1.46 bits per heavy atom. The molecule has 11 heteroatoms. The van der Waals surface area contributed by atoms with Crippen molar-refractivity contribution in [3.05, 3.63) is 29.2 Å². The standard InChI is InChI=1S/C15H21N3O6S2/c1-18-8-7-15(17-21,9-12(18)25)13(14(19)20)16-26(22,23)11-5-3-10(24-2)4-6-11/h3-6,12-13,16,25H,7-9H2,1-2H3,(H,19,20). The van der Waals surface area contributed by atoms with Crippen LogP contribution >= 0.6 is 12.6 Å². The van der Waals surface area contributed by atoms with Crippen LogP contribution in [0.5, 0.6) is 5.75 Å². The number of benzene rings is 1. The molecule has 1 saturated heterocycles. The van der Waals surface area contributed by atoms with Crippen molar-refractivity contribution in [2.45, 2.75) is 34.7 Å². The van der Waals surface area contributed by atoms with Gasteiger partial charge in [0.05, 0.1) is 17.4 Å². The van der Waals surface area contributed by atoms with Gasteiger partial charge in [0.25, 0.3) is 0 Å². The maximum absolute atomic E-state index is 12.6. The van der Waals surface area contributed by atoms with Crippen LogP contribution in [0.15, 0.2) is 34.3 Å². The molecule has 0 spiro atoms. The van der Waals surface area contributed by atoms with E-state index in [1.54, 1.807) is 7.05 Å². The maximum atomic E-state index is 12.6. The highest BCUT2D eigenvalue weighted by Gasteiger charge is 2.50. The van der Waals surface area contributed by atoms with E-state index in [1.807, 2.05) is 4.90 Å². The lowest BCUT2D eigenvalue weighted by Crippen LogP contribution is -2.60. The Kier molecular flexibility index (Phi) is 6.27. The molecule has 2 N–H and O–H groups in total. The third-order valence-electron chi connectivity index (χ3n) is 4.55. The van der Waals surface area contributed by atoms with E-state index in [1.165, 1.54) is 31.4 Å². The summed E-state index contributed by atoms with van der Waals surface area (Å²) in [4.78, 5) is 25.0. The summed E-state index contributed by atoms with van der Waals surface area (Å²) < 4.78 is 32.3. The fourth-order valence-electron chi connectivity index (χ4n) is 2.86. The molecule has 0 amide bonds. The zero-order chi connectivity index (χ0) is 19.5. The molecular weight excluding hydrogens is 382 g/mol. The van der Waals surface area contributed by atoms with E-state index in [4.69, 9.17) is 4.74 Å². The van der Waals surface area contributed by atoms with Crippen LogP contribution in [0.2, 0.25) is 0 Å². The average molecular weight is 403 g/mol. The molecular formula is C15H21N3O6S2. The van der Waals surface area contributed by atoms with Crippen molar-refractivity contribution in [1.29, 1.82) is 0 Å². The Labute approximate surface area is 157 Å². The van der Waals surface area contributed by atoms with Crippen molar-refractivity contribution in [3.63, 3.8) is 0 Å². The van der Waals surface area contributed by atoms with Gasteiger partial charge < -0.3 is 9.84 Å². The van der Waals surface area contributed by atoms with Crippen molar-refractivity contribution in [2.24, 2.45) is 5.18 Å². The van der Waals surface area contributed by atoms with Crippen LogP contribution < -0.4 is 9.46 Å². The number of hydrogen-bond acceptors (Lipinski definition) is 8. The number of sulfonamides is 1. The largest absolute Gasteiger partial charge is 0.497 e. The Morgan fingerprint density at radius 3 is 2.54 bits per heavy atom. The first-order chi connectivity index (χ1) is 12.1. The van der Waals surface area contributed by atoms with E-state index < -0.39 is 32.9 Å². The Morgan fingerprint density at radius 2 is 2.08 bits per heavy atom. The molecule has 1 aliphatic heterocycles. The van der Waals surface area contributed by atoms with E-state index in [0.29, 0.717) is 12.3 Å². The molecule has 0 bridgehead atoms. The number of ether oxygens (including phenoxy) is 1. The summed E-state index contributed by atoms with van der Waals surface area (Å²) in [7, 11) is -0.960. The highest BCUT2D eigenvalue weighted by Crippen LogP contribution is 2.35. The summed E-state index contributed by atoms with van der Waals surface area (Å²) in [6.07, 6.45) is 0.115. The molecule has 1 heterocycles. The number of nitrogens with one attached hydrogen (secondary N) is 1. The monoisotopic (exact) mass is 403 g/mol. The van der Waals surface area contributed by atoms with Gasteiger partial charge in [0, 0.05) is 13.0 Å². The molecule has 1 aromatic carbocycles. The van der Waals surface area contributed by atoms with Gasteiger partial charge in [-0.2, -0.15) is 22.3 Å². The summed E-state index contributed by atoms with van der Waals surface area (Å²) >= 11 is 4.33. The quantitative estimate of drug-likeness (QED) is 0.456. The fourth-order valence-corrected chi connectivity index (χ4v) is 4.55. The Balaban J connectivity index is 2.34. The van der Waals surface area contributed by atoms with Crippen LogP contribution in [0.1, 0.15) is 12.8 Å². The van der Waals surface area contributed by atoms with E-state index in [2.05, 4.69) is 22.5 Å². The molecule has 1 fully saturated rings. The van der Waals surface area contributed by atoms with Gasteiger partial charge in [-0.1, -0.05) is 5.18 Å². The number of methoxy groups -OCH3 is 1. The van der Waals surface area contributed by atoms with Crippen molar-refractivity contribution in [3.8, 4) is 5.75 Å². The van der Waals surface area contributed by atoms with E-state index >= 15 is 0 Å². The van der Waals surface area contributed by atoms with Crippen LogP contribution in [-0.4, -0.2) is 62.1 Å². The molecule has 3 unspecified atom stereocenters. The first-order valence-electron chi connectivity index (χ1n) is 7.77. The van der Waals surface area contributed by atoms with Gasteiger partial charge in [0.1, 0.15) is 17.3 Å². The predicted octanol–water partition coefficient (Wildman–Crippen LogP) is 0.913. The van der Waals surface area contributed by atoms with Gasteiger partial charge in [0.2, 0.25) is 10.0 Å². The number of aliphatic carboxylic acids is 1. The molecule has 0 aliphatic carbocycles. The lowest BCUT2D eigenvalue weighted by molar-refractivity contribution is -0.141. The SMILES string of the molecule is COc1ccc(S(=O)(=O)NC(C(=O)O)C2(N=O)CCN(C)C(S)C2)cc1. The smallest absolute Gasteiger partial charge is 0.324 e. The highest BCUT2D eigenvalue weighted by atomic mass is 32.2. The number of carboxylic acids is 1. The minimum absolute atomic E-state index is 0.0121. The van der Waals surface area contributed by atoms with Gasteiger partial charge >= 0.3 is 5.97 Å². The molecule has 0 saturated carbocycles. The zero-order valence-electron chi connectivity index (χ0n) is 14.3. The minimum Gasteiger partial charge on any atom is -0.497 e. The van der Waals surface area contributed by atoms with Gasteiger partial charge in [-0.25, -0.2) is 8.42 Å². The number of nitrogens with zero attached hydrogens (tertiary/aromatic N) is 2. The summed E-state index contributed by atoms with van der Waals surface area (Å²) in [6, 6.07) is 3.76. The number of carboxylic acid groups (broad SMARTS) is 1. The maximum Gasteiger partial charge on any atom is 0.324 e. The van der Waals surface area contributed by atoms with Gasteiger partial charge in [-0.05, 0) is 37.7 Å². The van der Waals surface area contributed by atoms with E-state index in [9.17, 15) is 23.2 Å². The van der Waals surface area contributed by atoms with Crippen molar-refractivity contribution in [2.75, 3.05) is 20.7 Å². The number of piperidine rings is 1. The molecule has 1 aromatic rings. The first kappa shape index (κ1) is 20.6. The Hall–Kier alpha value is -1.69. The molecule has 3 atom stereocenters. The molecule has 1 aliphatic rings. The topological polar surface area (TPSA) is 125 Å². The number of likely N-dealkylation sites (tertiary alicyclic amines) is 1. The van der Waals surface area contributed by atoms with Crippen LogP contribution in [0, 0.1) is 4.91 Å². The van der Waals surface area contributed by atoms with Gasteiger partial charge in [-0.3, -0.25) is 9.69 Å².